The van der Waals surface area contributed by atoms with E-state index in [4.69, 9.17) is 9.40 Å². The van der Waals surface area contributed by atoms with Crippen molar-refractivity contribution < 1.29 is 4.42 Å². The van der Waals surface area contributed by atoms with E-state index in [-0.39, 0.29) is 5.41 Å². The Labute approximate surface area is 142 Å². The monoisotopic (exact) mass is 415 g/mol. The van der Waals surface area contributed by atoms with E-state index < -0.39 is 18.4 Å². The molecule has 1 aromatic heterocycles. The van der Waals surface area contributed by atoms with Crippen molar-refractivity contribution in [3.63, 3.8) is 0 Å². The minimum absolute atomic E-state index is 0.0969. The van der Waals surface area contributed by atoms with Crippen LogP contribution in [0.2, 0.25) is 13.3 Å². The third-order valence-electron chi connectivity index (χ3n) is 4.75. The Kier molecular flexibility index (Phi) is 8.51. The standard InChI is InChI=1S/C7H10NO.3C4H9.Sn/c1-7(2,3)6-4-9-5-8-6;3*1-3-4-2;/h4H,1-3H3;3*1,3-4H2,2H3;. The van der Waals surface area contributed by atoms with Gasteiger partial charge in [0.25, 0.3) is 0 Å². The number of rotatable bonds is 10. The summed E-state index contributed by atoms with van der Waals surface area (Å²) in [6, 6.07) is 0. The van der Waals surface area contributed by atoms with Crippen LogP contribution in [-0.2, 0) is 5.41 Å². The van der Waals surface area contributed by atoms with E-state index in [1.807, 2.05) is 6.26 Å². The van der Waals surface area contributed by atoms with Crippen LogP contribution in [0.5, 0.6) is 0 Å². The van der Waals surface area contributed by atoms with E-state index in [2.05, 4.69) is 41.5 Å². The molecule has 0 N–H and O–H groups in total. The summed E-state index contributed by atoms with van der Waals surface area (Å²) in [5.74, 6) is 0. The number of hydrogen-bond acceptors (Lipinski definition) is 2. The second-order valence-corrected chi connectivity index (χ2v) is 20.7. The molecule has 0 radical (unpaired) electrons. The van der Waals surface area contributed by atoms with Gasteiger partial charge in [0.1, 0.15) is 0 Å². The molecule has 0 unspecified atom stereocenters. The van der Waals surface area contributed by atoms with Crippen LogP contribution in [0, 0.1) is 0 Å². The summed E-state index contributed by atoms with van der Waals surface area (Å²) in [6.45, 7) is 13.6. The molecule has 1 rings (SSSR count). The summed E-state index contributed by atoms with van der Waals surface area (Å²) in [7, 11) is 0. The first kappa shape index (κ1) is 20.1. The maximum absolute atomic E-state index is 6.13. The predicted octanol–water partition coefficient (Wildman–Crippen LogP) is 6.03. The number of hydrogen-bond donors (Lipinski definition) is 0. The van der Waals surface area contributed by atoms with Gasteiger partial charge < -0.3 is 0 Å². The number of unbranched alkanes of at least 4 members (excludes halogenated alkanes) is 3. The Hall–Kier alpha value is 0.00870. The van der Waals surface area contributed by atoms with Gasteiger partial charge in [-0.3, -0.25) is 0 Å². The molecule has 0 fully saturated rings. The van der Waals surface area contributed by atoms with E-state index in [0.717, 1.165) is 5.69 Å². The molecule has 3 heteroatoms. The number of oxazole rings is 1. The summed E-state index contributed by atoms with van der Waals surface area (Å²) in [6.07, 6.45) is 9.91. The van der Waals surface area contributed by atoms with Crippen LogP contribution in [0.4, 0.5) is 0 Å². The van der Waals surface area contributed by atoms with Gasteiger partial charge in [-0.05, 0) is 0 Å². The predicted molar refractivity (Wildman–Crippen MR) is 99.7 cm³/mol. The van der Waals surface area contributed by atoms with Crippen LogP contribution >= 0.6 is 0 Å². The molecule has 128 valence electrons. The molecule has 0 atom stereocenters. The van der Waals surface area contributed by atoms with Gasteiger partial charge in [-0.2, -0.15) is 0 Å². The topological polar surface area (TPSA) is 26.0 Å². The van der Waals surface area contributed by atoms with Crippen molar-refractivity contribution in [1.82, 2.24) is 4.98 Å². The third-order valence-corrected chi connectivity index (χ3v) is 19.2. The van der Waals surface area contributed by atoms with Gasteiger partial charge in [-0.15, -0.1) is 0 Å². The molecule has 0 bridgehead atoms. The average Bonchev–Trinajstić information content (AvgIpc) is 2.97. The molecule has 0 spiro atoms. The second kappa shape index (κ2) is 9.34. The molecule has 22 heavy (non-hydrogen) atoms. The molecule has 1 heterocycles. The Morgan fingerprint density at radius 1 is 0.909 bits per heavy atom. The molecule has 0 aromatic carbocycles. The fourth-order valence-corrected chi connectivity index (χ4v) is 17.8. The van der Waals surface area contributed by atoms with Crippen molar-refractivity contribution in [2.24, 2.45) is 0 Å². The fraction of sp³-hybridized carbons (Fsp3) is 0.842. The van der Waals surface area contributed by atoms with Crippen LogP contribution < -0.4 is 3.91 Å². The Morgan fingerprint density at radius 3 is 1.68 bits per heavy atom. The fourth-order valence-electron chi connectivity index (χ4n) is 3.10. The van der Waals surface area contributed by atoms with E-state index in [9.17, 15) is 0 Å². The molecular formula is C19H37NOSn. The quantitative estimate of drug-likeness (QED) is 0.437. The van der Waals surface area contributed by atoms with Crippen LogP contribution in [0.1, 0.15) is 85.8 Å². The maximum atomic E-state index is 6.13. The normalized spacial score (nSPS) is 12.8. The van der Waals surface area contributed by atoms with Crippen molar-refractivity contribution in [3.8, 4) is 0 Å². The number of aromatic nitrogens is 1. The molecule has 0 aliphatic carbocycles. The van der Waals surface area contributed by atoms with Gasteiger partial charge in [0.05, 0.1) is 0 Å². The number of nitrogens with zero attached hydrogens (tertiary/aromatic N) is 1. The first-order valence-electron chi connectivity index (χ1n) is 9.36. The second-order valence-electron chi connectivity index (χ2n) is 7.88. The molecule has 2 nitrogen and oxygen atoms in total. The first-order chi connectivity index (χ1) is 10.4. The summed E-state index contributed by atoms with van der Waals surface area (Å²) < 4.78 is 11.6. The third kappa shape index (κ3) is 5.58. The summed E-state index contributed by atoms with van der Waals surface area (Å²) >= 11 is -2.46. The Balaban J connectivity index is 3.10. The van der Waals surface area contributed by atoms with E-state index in [1.54, 1.807) is 0 Å². The van der Waals surface area contributed by atoms with Crippen molar-refractivity contribution in [2.75, 3.05) is 0 Å². The zero-order chi connectivity index (χ0) is 16.6. The molecule has 0 aliphatic rings. The van der Waals surface area contributed by atoms with Crippen molar-refractivity contribution >= 4 is 22.3 Å². The minimum atomic E-state index is -2.46. The summed E-state index contributed by atoms with van der Waals surface area (Å²) in [5, 5.41) is 0. The van der Waals surface area contributed by atoms with Crippen LogP contribution in [-0.4, -0.2) is 23.4 Å². The van der Waals surface area contributed by atoms with E-state index >= 15 is 0 Å². The Bertz CT molecular complexity index is 398. The van der Waals surface area contributed by atoms with Crippen molar-refractivity contribution in [1.29, 1.82) is 0 Å². The van der Waals surface area contributed by atoms with Gasteiger partial charge >= 0.3 is 142 Å². The average molecular weight is 414 g/mol. The SMILES string of the molecule is CCC[CH2][Sn]([CH2]CCC)([CH2]CCC)[c]1nc(C(C)(C)C)co1. The zero-order valence-electron chi connectivity index (χ0n) is 15.8. The molecule has 0 aliphatic heterocycles. The zero-order valence-corrected chi connectivity index (χ0v) is 18.7. The van der Waals surface area contributed by atoms with Crippen LogP contribution in [0.15, 0.2) is 10.7 Å². The van der Waals surface area contributed by atoms with Crippen LogP contribution in [0.3, 0.4) is 0 Å². The Morgan fingerprint density at radius 2 is 1.36 bits per heavy atom. The van der Waals surface area contributed by atoms with Crippen LogP contribution in [0.25, 0.3) is 0 Å². The van der Waals surface area contributed by atoms with Gasteiger partial charge in [0.15, 0.2) is 0 Å². The van der Waals surface area contributed by atoms with Crippen molar-refractivity contribution in [2.45, 2.75) is 98.8 Å². The van der Waals surface area contributed by atoms with Gasteiger partial charge in [0, 0.05) is 0 Å². The summed E-state index contributed by atoms with van der Waals surface area (Å²) in [4.78, 5) is 5.04. The van der Waals surface area contributed by atoms with E-state index in [0.29, 0.717) is 0 Å². The summed E-state index contributed by atoms with van der Waals surface area (Å²) in [5.41, 5.74) is 1.24. The van der Waals surface area contributed by atoms with Gasteiger partial charge in [0.2, 0.25) is 0 Å². The molecule has 0 saturated carbocycles. The van der Waals surface area contributed by atoms with Gasteiger partial charge in [-0.1, -0.05) is 0 Å². The first-order valence-corrected chi connectivity index (χ1v) is 16.8. The molecular weight excluding hydrogens is 377 g/mol. The van der Waals surface area contributed by atoms with E-state index in [1.165, 1.54) is 55.7 Å². The molecule has 0 saturated heterocycles. The van der Waals surface area contributed by atoms with Gasteiger partial charge in [-0.25, -0.2) is 0 Å². The van der Waals surface area contributed by atoms with Crippen molar-refractivity contribution in [3.05, 3.63) is 12.0 Å². The molecule has 1 aromatic rings. The molecule has 0 amide bonds.